The SMILES string of the molecule is CO[C@@H]1[C@@H](NC(=O)c2cc(C(C)C)nn2C)c2ccccc2C12CCNCC2. The Hall–Kier alpha value is -2.18. The van der Waals surface area contributed by atoms with Crippen molar-refractivity contribution < 1.29 is 9.53 Å². The van der Waals surface area contributed by atoms with Crippen LogP contribution >= 0.6 is 0 Å². The highest BCUT2D eigenvalue weighted by atomic mass is 16.5. The van der Waals surface area contributed by atoms with Crippen LogP contribution in [0.25, 0.3) is 0 Å². The second-order valence-corrected chi connectivity index (χ2v) is 8.33. The van der Waals surface area contributed by atoms with Crippen LogP contribution in [0.1, 0.15) is 66.0 Å². The van der Waals surface area contributed by atoms with Crippen molar-refractivity contribution in [2.45, 2.75) is 50.2 Å². The molecule has 1 saturated heterocycles. The lowest BCUT2D eigenvalue weighted by atomic mass is 9.72. The molecular weight excluding hydrogens is 352 g/mol. The summed E-state index contributed by atoms with van der Waals surface area (Å²) in [4.78, 5) is 13.2. The van der Waals surface area contributed by atoms with Crippen LogP contribution in [0, 0.1) is 0 Å². The number of methoxy groups -OCH3 is 1. The Morgan fingerprint density at radius 2 is 2.04 bits per heavy atom. The molecule has 1 aliphatic heterocycles. The number of nitrogens with one attached hydrogen (secondary N) is 2. The molecule has 0 bridgehead atoms. The fourth-order valence-electron chi connectivity index (χ4n) is 5.00. The lowest BCUT2D eigenvalue weighted by Gasteiger charge is -2.40. The first-order valence-electron chi connectivity index (χ1n) is 10.2. The number of carbonyl (C=O) groups excluding carboxylic acids is 1. The average molecular weight is 383 g/mol. The Morgan fingerprint density at radius 1 is 1.32 bits per heavy atom. The van der Waals surface area contributed by atoms with Gasteiger partial charge in [-0.1, -0.05) is 38.1 Å². The van der Waals surface area contributed by atoms with E-state index in [9.17, 15) is 4.79 Å². The van der Waals surface area contributed by atoms with Crippen LogP contribution in [0.5, 0.6) is 0 Å². The largest absolute Gasteiger partial charge is 0.378 e. The first-order valence-corrected chi connectivity index (χ1v) is 10.2. The minimum absolute atomic E-state index is 0.0515. The van der Waals surface area contributed by atoms with Gasteiger partial charge in [-0.2, -0.15) is 5.10 Å². The molecule has 150 valence electrons. The van der Waals surface area contributed by atoms with Gasteiger partial charge >= 0.3 is 0 Å². The summed E-state index contributed by atoms with van der Waals surface area (Å²) >= 11 is 0. The maximum Gasteiger partial charge on any atom is 0.270 e. The molecule has 6 nitrogen and oxygen atoms in total. The predicted molar refractivity (Wildman–Crippen MR) is 109 cm³/mol. The molecule has 2 aliphatic rings. The van der Waals surface area contributed by atoms with Gasteiger partial charge < -0.3 is 15.4 Å². The van der Waals surface area contributed by atoms with Gasteiger partial charge in [-0.25, -0.2) is 0 Å². The molecule has 2 heterocycles. The summed E-state index contributed by atoms with van der Waals surface area (Å²) in [5.74, 6) is 0.180. The second kappa shape index (κ2) is 7.33. The first kappa shape index (κ1) is 19.2. The number of hydrogen-bond donors (Lipinski definition) is 2. The number of aryl methyl sites for hydroxylation is 1. The maximum atomic E-state index is 13.2. The molecule has 6 heteroatoms. The van der Waals surface area contributed by atoms with E-state index in [-0.39, 0.29) is 29.4 Å². The number of piperidine rings is 1. The van der Waals surface area contributed by atoms with Crippen molar-refractivity contribution in [1.29, 1.82) is 0 Å². The number of aromatic nitrogens is 2. The summed E-state index contributed by atoms with van der Waals surface area (Å²) in [5, 5.41) is 11.2. The second-order valence-electron chi connectivity index (χ2n) is 8.33. The van der Waals surface area contributed by atoms with Crippen LogP contribution in [0.3, 0.4) is 0 Å². The molecule has 2 aromatic rings. The van der Waals surface area contributed by atoms with E-state index in [1.165, 1.54) is 11.1 Å². The molecular formula is C22H30N4O2. The molecule has 1 spiro atoms. The Bertz CT molecular complexity index is 867. The van der Waals surface area contributed by atoms with E-state index in [4.69, 9.17) is 4.74 Å². The van der Waals surface area contributed by atoms with Gasteiger partial charge in [0.25, 0.3) is 5.91 Å². The molecule has 2 atom stereocenters. The minimum atomic E-state index is -0.163. The minimum Gasteiger partial charge on any atom is -0.378 e. The zero-order valence-electron chi connectivity index (χ0n) is 17.2. The number of ether oxygens (including phenoxy) is 1. The third-order valence-corrected chi connectivity index (χ3v) is 6.44. The number of benzene rings is 1. The van der Waals surface area contributed by atoms with E-state index < -0.39 is 0 Å². The molecule has 1 aromatic carbocycles. The van der Waals surface area contributed by atoms with Crippen molar-refractivity contribution in [3.8, 4) is 0 Å². The van der Waals surface area contributed by atoms with Gasteiger partial charge in [-0.05, 0) is 49.0 Å². The van der Waals surface area contributed by atoms with Gasteiger partial charge in [-0.15, -0.1) is 0 Å². The molecule has 1 fully saturated rings. The molecule has 0 unspecified atom stereocenters. The summed E-state index contributed by atoms with van der Waals surface area (Å²) < 4.78 is 7.72. The molecule has 1 amide bonds. The maximum absolute atomic E-state index is 13.2. The monoisotopic (exact) mass is 382 g/mol. The van der Waals surface area contributed by atoms with Gasteiger partial charge in [0.15, 0.2) is 0 Å². The summed E-state index contributed by atoms with van der Waals surface area (Å²) in [7, 11) is 3.59. The molecule has 1 aliphatic carbocycles. The van der Waals surface area contributed by atoms with Crippen LogP contribution in [-0.2, 0) is 17.2 Å². The van der Waals surface area contributed by atoms with E-state index >= 15 is 0 Å². The molecule has 28 heavy (non-hydrogen) atoms. The topological polar surface area (TPSA) is 68.2 Å². The molecule has 1 aromatic heterocycles. The first-order chi connectivity index (χ1) is 13.5. The van der Waals surface area contributed by atoms with Crippen LogP contribution in [0.2, 0.25) is 0 Å². The van der Waals surface area contributed by atoms with Crippen LogP contribution in [0.15, 0.2) is 30.3 Å². The quantitative estimate of drug-likeness (QED) is 0.853. The van der Waals surface area contributed by atoms with E-state index in [2.05, 4.69) is 47.8 Å². The van der Waals surface area contributed by atoms with Crippen LogP contribution < -0.4 is 10.6 Å². The third-order valence-electron chi connectivity index (χ3n) is 6.44. The molecule has 0 saturated carbocycles. The number of amides is 1. The summed E-state index contributed by atoms with van der Waals surface area (Å²) in [5.41, 5.74) is 3.96. The summed E-state index contributed by atoms with van der Waals surface area (Å²) in [6, 6.07) is 10.2. The van der Waals surface area contributed by atoms with Gasteiger partial charge in [0.2, 0.25) is 0 Å². The van der Waals surface area contributed by atoms with Crippen molar-refractivity contribution in [1.82, 2.24) is 20.4 Å². The van der Waals surface area contributed by atoms with Crippen molar-refractivity contribution in [2.24, 2.45) is 7.05 Å². The van der Waals surface area contributed by atoms with Gasteiger partial charge in [0, 0.05) is 19.6 Å². The Labute approximate surface area is 166 Å². The highest BCUT2D eigenvalue weighted by Gasteiger charge is 2.53. The molecule has 0 radical (unpaired) electrons. The van der Waals surface area contributed by atoms with Crippen molar-refractivity contribution in [3.63, 3.8) is 0 Å². The number of hydrogen-bond acceptors (Lipinski definition) is 4. The highest BCUT2D eigenvalue weighted by molar-refractivity contribution is 5.93. The zero-order valence-corrected chi connectivity index (χ0v) is 17.2. The van der Waals surface area contributed by atoms with E-state index in [0.717, 1.165) is 31.6 Å². The third kappa shape index (κ3) is 2.95. The Balaban J connectivity index is 1.68. The van der Waals surface area contributed by atoms with Crippen molar-refractivity contribution in [2.75, 3.05) is 20.2 Å². The predicted octanol–water partition coefficient (Wildman–Crippen LogP) is 2.66. The number of nitrogens with zero attached hydrogens (tertiary/aromatic N) is 2. The van der Waals surface area contributed by atoms with Gasteiger partial charge in [0.05, 0.1) is 17.8 Å². The Kier molecular flexibility index (Phi) is 5.02. The average Bonchev–Trinajstić information content (AvgIpc) is 3.20. The number of rotatable bonds is 4. The zero-order chi connectivity index (χ0) is 19.9. The molecule has 2 N–H and O–H groups in total. The highest BCUT2D eigenvalue weighted by Crippen LogP contribution is 2.51. The lowest BCUT2D eigenvalue weighted by molar-refractivity contribution is 0.00388. The fraction of sp³-hybridized carbons (Fsp3) is 0.545. The standard InChI is InChI=1S/C22H30N4O2/c1-14(2)17-13-18(26(3)25-17)21(27)24-19-15-7-5-6-8-16(15)22(20(19)28-4)9-11-23-12-10-22/h5-8,13-14,19-20,23H,9-12H2,1-4H3,(H,24,27)/t19-,20+/m0/s1. The Morgan fingerprint density at radius 3 is 2.68 bits per heavy atom. The van der Waals surface area contributed by atoms with Crippen molar-refractivity contribution in [3.05, 3.63) is 52.8 Å². The molecule has 4 rings (SSSR count). The van der Waals surface area contributed by atoms with E-state index in [0.29, 0.717) is 5.69 Å². The van der Waals surface area contributed by atoms with Crippen LogP contribution in [0.4, 0.5) is 0 Å². The summed E-state index contributed by atoms with van der Waals surface area (Å²) in [6.07, 6.45) is 1.95. The number of fused-ring (bicyclic) bond motifs is 2. The number of carbonyl (C=O) groups is 1. The normalized spacial score (nSPS) is 23.2. The summed E-state index contributed by atoms with van der Waals surface area (Å²) in [6.45, 7) is 6.10. The lowest BCUT2D eigenvalue weighted by Crippen LogP contribution is -2.49. The van der Waals surface area contributed by atoms with Gasteiger partial charge in [0.1, 0.15) is 5.69 Å². The smallest absolute Gasteiger partial charge is 0.270 e. The van der Waals surface area contributed by atoms with E-state index in [1.807, 2.05) is 19.2 Å². The van der Waals surface area contributed by atoms with Crippen molar-refractivity contribution >= 4 is 5.91 Å². The van der Waals surface area contributed by atoms with Gasteiger partial charge in [-0.3, -0.25) is 9.48 Å². The van der Waals surface area contributed by atoms with E-state index in [1.54, 1.807) is 11.8 Å². The van der Waals surface area contributed by atoms with Crippen LogP contribution in [-0.4, -0.2) is 42.0 Å². The fourth-order valence-corrected chi connectivity index (χ4v) is 5.00.